The minimum Gasteiger partial charge on any atom is -0.497 e. The number of ether oxygens (including phenoxy) is 1. The van der Waals surface area contributed by atoms with Crippen LogP contribution >= 0.6 is 0 Å². The Hall–Kier alpha value is -7.50. The van der Waals surface area contributed by atoms with E-state index < -0.39 is 96.6 Å². The summed E-state index contributed by atoms with van der Waals surface area (Å²) in [7, 11) is 1.53. The van der Waals surface area contributed by atoms with E-state index >= 15 is 0 Å². The molecule has 24 heteroatoms. The molecule has 0 saturated carbocycles. The Labute approximate surface area is 421 Å². The number of nitrogens with zero attached hydrogens (tertiary/aromatic N) is 2. The zero-order valence-corrected chi connectivity index (χ0v) is 42.0. The molecule has 0 aromatic heterocycles. The number of nitrogens with one attached hydrogen (secondary N) is 7. The number of hydrogen-bond donors (Lipinski definition) is 13. The van der Waals surface area contributed by atoms with Crippen LogP contribution < -0.4 is 76.4 Å². The Balaban J connectivity index is 2.29. The van der Waals surface area contributed by atoms with E-state index in [1.165, 1.54) is 7.11 Å². The van der Waals surface area contributed by atoms with Gasteiger partial charge in [-0.2, -0.15) is 0 Å². The number of methoxy groups -OCH3 is 1. The van der Waals surface area contributed by atoms with Crippen molar-refractivity contribution in [3.8, 4) is 5.75 Å². The molecule has 0 unspecified atom stereocenters. The first-order chi connectivity index (χ1) is 34.1. The maximum atomic E-state index is 14.3. The number of carbonyl (C=O) groups excluding carboxylic acids is 8. The van der Waals surface area contributed by atoms with Crippen LogP contribution in [0.15, 0.2) is 64.6 Å². The first-order valence-electron chi connectivity index (χ1n) is 24.0. The second-order valence-corrected chi connectivity index (χ2v) is 18.1. The van der Waals surface area contributed by atoms with Gasteiger partial charge >= 0.3 is 0 Å². The normalized spacial score (nSPS) is 13.4. The summed E-state index contributed by atoms with van der Waals surface area (Å²) in [5.41, 5.74) is 35.0. The number of amides is 8. The largest absolute Gasteiger partial charge is 0.497 e. The fourth-order valence-electron chi connectivity index (χ4n) is 7.17. The lowest BCUT2D eigenvalue weighted by Crippen LogP contribution is -2.59. The molecule has 0 bridgehead atoms. The predicted molar refractivity (Wildman–Crippen MR) is 273 cm³/mol. The number of rotatable bonds is 33. The van der Waals surface area contributed by atoms with E-state index in [0.29, 0.717) is 24.2 Å². The molecule has 2 rings (SSSR count). The molecule has 19 N–H and O–H groups in total. The lowest BCUT2D eigenvalue weighted by molar-refractivity contribution is -0.135. The van der Waals surface area contributed by atoms with Crippen molar-refractivity contribution in [2.75, 3.05) is 33.3 Å². The zero-order chi connectivity index (χ0) is 53.8. The highest BCUT2D eigenvalue weighted by atomic mass is 16.5. The van der Waals surface area contributed by atoms with Crippen molar-refractivity contribution >= 4 is 59.2 Å². The summed E-state index contributed by atoms with van der Waals surface area (Å²) in [5.74, 6) is -5.51. The highest BCUT2D eigenvalue weighted by Gasteiger charge is 2.33. The third-order valence-electron chi connectivity index (χ3n) is 10.9. The van der Waals surface area contributed by atoms with Crippen LogP contribution in [0.25, 0.3) is 0 Å². The number of benzene rings is 2. The molecule has 0 radical (unpaired) electrons. The van der Waals surface area contributed by atoms with Crippen LogP contribution in [-0.2, 0) is 51.2 Å². The maximum Gasteiger partial charge on any atom is 0.243 e. The molecule has 0 aliphatic rings. The smallest absolute Gasteiger partial charge is 0.243 e. The van der Waals surface area contributed by atoms with Gasteiger partial charge in [0.2, 0.25) is 47.3 Å². The molecule has 0 spiro atoms. The van der Waals surface area contributed by atoms with E-state index in [-0.39, 0.29) is 81.8 Å². The van der Waals surface area contributed by atoms with E-state index in [9.17, 15) is 38.4 Å². The lowest BCUT2D eigenvalue weighted by Gasteiger charge is -2.28. The molecule has 0 saturated heterocycles. The van der Waals surface area contributed by atoms with Crippen molar-refractivity contribution in [3.05, 3.63) is 65.7 Å². The second kappa shape index (κ2) is 32.4. The standard InChI is InChI=1S/C48H77N15O9/c1-28(2)22-36(41(50)66)62-44(69)35(15-11-21-56-48(53)54)60-43(68)34(14-9-10-20-55-47(51)52)61-45(70)37(23-29(3)4)63-46(71)38(25-30-12-7-6-8-13-30)59-40(65)27-57-39(64)26-58-42(67)33(49)24-31-16-18-32(72-5)19-17-31/h6-8,12-13,16-19,28-29,33-38H,9-11,14-15,20-27,49H2,1-5H3,(H2,50,66)(H,57,64)(H,58,67)(H,59,65)(H,60,68)(H,61,70)(H,62,69)(H,63,71)(H4,51,52,55)(H4,53,54,56)/t33-,34-,35-,36+,37-,38-/m0/s1. The molecule has 24 nitrogen and oxygen atoms in total. The summed E-state index contributed by atoms with van der Waals surface area (Å²) < 4.78 is 5.14. The molecule has 6 atom stereocenters. The highest BCUT2D eigenvalue weighted by Crippen LogP contribution is 2.14. The van der Waals surface area contributed by atoms with E-state index in [4.69, 9.17) is 39.1 Å². The van der Waals surface area contributed by atoms with Crippen LogP contribution in [0.5, 0.6) is 5.75 Å². The third-order valence-corrected chi connectivity index (χ3v) is 10.9. The number of guanidine groups is 2. The quantitative estimate of drug-likeness (QED) is 0.0201. The third kappa shape index (κ3) is 24.9. The predicted octanol–water partition coefficient (Wildman–Crippen LogP) is -2.46. The molecule has 0 fully saturated rings. The van der Waals surface area contributed by atoms with Gasteiger partial charge in [0.1, 0.15) is 36.0 Å². The molecular formula is C48H77N15O9. The van der Waals surface area contributed by atoms with Crippen LogP contribution in [0, 0.1) is 11.8 Å². The monoisotopic (exact) mass is 1010 g/mol. The first-order valence-corrected chi connectivity index (χ1v) is 24.0. The molecule has 8 amide bonds. The SMILES string of the molecule is COc1ccc(C[C@H](N)C(=O)NCC(=O)NCC(=O)N[C@@H](Cc2ccccc2)C(=O)N[C@@H](CC(C)C)C(=O)N[C@@H](CCCCN=C(N)N)C(=O)N[C@@H](CCCN=C(N)N)C(=O)N[C@H](CC(C)C)C(N)=O)cc1. The van der Waals surface area contributed by atoms with Crippen LogP contribution in [0.2, 0.25) is 0 Å². The van der Waals surface area contributed by atoms with Gasteiger partial charge < -0.3 is 76.4 Å². The maximum absolute atomic E-state index is 14.3. The van der Waals surface area contributed by atoms with Gasteiger partial charge in [0.05, 0.1) is 26.2 Å². The molecule has 72 heavy (non-hydrogen) atoms. The number of primary amides is 1. The van der Waals surface area contributed by atoms with Crippen molar-refractivity contribution in [1.82, 2.24) is 37.2 Å². The first kappa shape index (κ1) is 60.6. The Morgan fingerprint density at radius 2 is 0.986 bits per heavy atom. The minimum absolute atomic E-state index is 0.00817. The molecule has 0 heterocycles. The molecule has 2 aromatic carbocycles. The summed E-state index contributed by atoms with van der Waals surface area (Å²) in [6.45, 7) is 6.67. The summed E-state index contributed by atoms with van der Waals surface area (Å²) in [5, 5.41) is 18.4. The second-order valence-electron chi connectivity index (χ2n) is 18.1. The van der Waals surface area contributed by atoms with Crippen molar-refractivity contribution in [2.24, 2.45) is 56.2 Å². The molecule has 0 aliphatic carbocycles. The molecular weight excluding hydrogens is 931 g/mol. The number of nitrogens with two attached hydrogens (primary N) is 6. The van der Waals surface area contributed by atoms with Gasteiger partial charge in [-0.15, -0.1) is 0 Å². The van der Waals surface area contributed by atoms with E-state index in [1.807, 2.05) is 27.7 Å². The van der Waals surface area contributed by atoms with Crippen molar-refractivity contribution in [2.45, 2.75) is 122 Å². The minimum atomic E-state index is -1.25. The van der Waals surface area contributed by atoms with Gasteiger partial charge in [-0.25, -0.2) is 0 Å². The Morgan fingerprint density at radius 3 is 1.53 bits per heavy atom. The Morgan fingerprint density at radius 1 is 0.514 bits per heavy atom. The Kier molecular flexibility index (Phi) is 27.3. The van der Waals surface area contributed by atoms with Crippen LogP contribution in [-0.4, -0.2) is 129 Å². The molecule has 0 aliphatic heterocycles. The fourth-order valence-corrected chi connectivity index (χ4v) is 7.17. The van der Waals surface area contributed by atoms with Gasteiger partial charge in [-0.05, 0) is 86.5 Å². The number of unbranched alkanes of at least 4 members (excludes halogenated alkanes) is 1. The average molecular weight is 1010 g/mol. The van der Waals surface area contributed by atoms with Gasteiger partial charge in [0.15, 0.2) is 11.9 Å². The number of aliphatic imine (C=N–C) groups is 2. The highest BCUT2D eigenvalue weighted by molar-refractivity contribution is 5.97. The number of carbonyl (C=O) groups is 8. The molecule has 398 valence electrons. The molecule has 2 aromatic rings. The van der Waals surface area contributed by atoms with Crippen molar-refractivity contribution in [3.63, 3.8) is 0 Å². The summed E-state index contributed by atoms with van der Waals surface area (Å²) >= 11 is 0. The van der Waals surface area contributed by atoms with Crippen LogP contribution in [0.1, 0.15) is 83.8 Å². The van der Waals surface area contributed by atoms with Crippen LogP contribution in [0.4, 0.5) is 0 Å². The summed E-state index contributed by atoms with van der Waals surface area (Å²) in [4.78, 5) is 115. The van der Waals surface area contributed by atoms with Crippen LogP contribution in [0.3, 0.4) is 0 Å². The Bertz CT molecular complexity index is 2130. The zero-order valence-electron chi connectivity index (χ0n) is 42.0. The van der Waals surface area contributed by atoms with Gasteiger partial charge in [0.25, 0.3) is 0 Å². The fraction of sp³-hybridized carbons (Fsp3) is 0.542. The van der Waals surface area contributed by atoms with Gasteiger partial charge in [-0.3, -0.25) is 48.3 Å². The van der Waals surface area contributed by atoms with Gasteiger partial charge in [0, 0.05) is 19.5 Å². The van der Waals surface area contributed by atoms with E-state index in [2.05, 4.69) is 47.2 Å². The average Bonchev–Trinajstić information content (AvgIpc) is 3.32. The lowest BCUT2D eigenvalue weighted by atomic mass is 10.00. The topological polar surface area (TPSA) is 411 Å². The summed E-state index contributed by atoms with van der Waals surface area (Å²) in [6.07, 6.45) is 1.62. The van der Waals surface area contributed by atoms with E-state index in [1.54, 1.807) is 54.6 Å². The van der Waals surface area contributed by atoms with E-state index in [0.717, 1.165) is 5.56 Å². The van der Waals surface area contributed by atoms with Crippen molar-refractivity contribution < 1.29 is 43.1 Å². The summed E-state index contributed by atoms with van der Waals surface area (Å²) in [6, 6.07) is 8.85. The van der Waals surface area contributed by atoms with Gasteiger partial charge in [-0.1, -0.05) is 70.2 Å². The van der Waals surface area contributed by atoms with Crippen molar-refractivity contribution in [1.29, 1.82) is 0 Å². The number of hydrogen-bond acceptors (Lipinski definition) is 12.